The van der Waals surface area contributed by atoms with Gasteiger partial charge >= 0.3 is 0 Å². The Morgan fingerprint density at radius 1 is 0.594 bits per heavy atom. The highest BCUT2D eigenvalue weighted by Crippen LogP contribution is 2.15. The van der Waals surface area contributed by atoms with Gasteiger partial charge in [-0.2, -0.15) is 4.73 Å². The van der Waals surface area contributed by atoms with E-state index < -0.39 is 0 Å². The van der Waals surface area contributed by atoms with Crippen LogP contribution in [0, 0.1) is 6.92 Å². The molecule has 1 heterocycles. The SMILES string of the molecule is CCCCCCCCCCCCCCCCCCCCCCCc1cc(C)cc(=O)n1O. The lowest BCUT2D eigenvalue weighted by molar-refractivity contribution is 0.164. The maximum atomic E-state index is 11.6. The summed E-state index contributed by atoms with van der Waals surface area (Å²) in [7, 11) is 0. The minimum absolute atomic E-state index is 0.316. The highest BCUT2D eigenvalue weighted by atomic mass is 16.5. The first-order valence-corrected chi connectivity index (χ1v) is 14.1. The van der Waals surface area contributed by atoms with Gasteiger partial charge in [0.05, 0.1) is 5.69 Å². The van der Waals surface area contributed by atoms with Crippen molar-refractivity contribution in [3.05, 3.63) is 33.7 Å². The molecule has 3 heteroatoms. The predicted octanol–water partition coefficient (Wildman–Crippen LogP) is 9.15. The van der Waals surface area contributed by atoms with Gasteiger partial charge in [-0.25, -0.2) is 0 Å². The normalized spacial score (nSPS) is 11.3. The summed E-state index contributed by atoms with van der Waals surface area (Å²) in [6.45, 7) is 4.20. The van der Waals surface area contributed by atoms with Crippen LogP contribution in [-0.2, 0) is 6.42 Å². The molecule has 186 valence electrons. The molecule has 0 spiro atoms. The molecule has 1 N–H and O–H groups in total. The van der Waals surface area contributed by atoms with E-state index >= 15 is 0 Å². The van der Waals surface area contributed by atoms with E-state index in [-0.39, 0.29) is 5.56 Å². The Kier molecular flexibility index (Phi) is 18.3. The Balaban J connectivity index is 1.77. The molecule has 0 fully saturated rings. The minimum atomic E-state index is -0.316. The molecule has 0 atom stereocenters. The Labute approximate surface area is 199 Å². The van der Waals surface area contributed by atoms with Crippen molar-refractivity contribution < 1.29 is 5.21 Å². The van der Waals surface area contributed by atoms with Crippen LogP contribution in [0.4, 0.5) is 0 Å². The van der Waals surface area contributed by atoms with Crippen LogP contribution < -0.4 is 5.56 Å². The largest absolute Gasteiger partial charge is 0.425 e. The maximum absolute atomic E-state index is 11.6. The quantitative estimate of drug-likeness (QED) is 0.142. The van der Waals surface area contributed by atoms with Crippen molar-refractivity contribution >= 4 is 0 Å². The van der Waals surface area contributed by atoms with E-state index in [0.717, 1.165) is 28.8 Å². The fourth-order valence-electron chi connectivity index (χ4n) is 4.68. The van der Waals surface area contributed by atoms with E-state index in [1.54, 1.807) is 0 Å². The number of unbranched alkanes of at least 4 members (excludes halogenated alkanes) is 20. The molecule has 0 saturated carbocycles. The molecule has 1 rings (SSSR count). The molecular formula is C29H53NO2. The summed E-state index contributed by atoms with van der Waals surface area (Å²) in [6, 6.07) is 3.39. The van der Waals surface area contributed by atoms with Crippen molar-refractivity contribution in [1.29, 1.82) is 0 Å². The number of hydrogen-bond acceptors (Lipinski definition) is 2. The van der Waals surface area contributed by atoms with E-state index in [9.17, 15) is 10.0 Å². The zero-order chi connectivity index (χ0) is 23.3. The van der Waals surface area contributed by atoms with Gasteiger partial charge in [0, 0.05) is 6.07 Å². The molecule has 32 heavy (non-hydrogen) atoms. The zero-order valence-electron chi connectivity index (χ0n) is 21.5. The van der Waals surface area contributed by atoms with Crippen LogP contribution in [-0.4, -0.2) is 9.94 Å². The van der Waals surface area contributed by atoms with E-state index in [4.69, 9.17) is 0 Å². The van der Waals surface area contributed by atoms with Gasteiger partial charge in [0.15, 0.2) is 0 Å². The first kappa shape index (κ1) is 28.8. The number of hydrogen-bond donors (Lipinski definition) is 1. The van der Waals surface area contributed by atoms with Crippen molar-refractivity contribution in [3.63, 3.8) is 0 Å². The van der Waals surface area contributed by atoms with Crippen molar-refractivity contribution in [3.8, 4) is 0 Å². The van der Waals surface area contributed by atoms with Crippen molar-refractivity contribution in [1.82, 2.24) is 4.73 Å². The number of nitrogens with zero attached hydrogens (tertiary/aromatic N) is 1. The molecule has 0 unspecified atom stereocenters. The summed E-state index contributed by atoms with van der Waals surface area (Å²) in [5.74, 6) is 0. The topological polar surface area (TPSA) is 42.2 Å². The Bertz CT molecular complexity index is 608. The average molecular weight is 448 g/mol. The van der Waals surface area contributed by atoms with Crippen LogP contribution in [0.15, 0.2) is 16.9 Å². The van der Waals surface area contributed by atoms with Crippen LogP contribution in [0.25, 0.3) is 0 Å². The number of rotatable bonds is 22. The van der Waals surface area contributed by atoms with Crippen LogP contribution in [0.3, 0.4) is 0 Å². The van der Waals surface area contributed by atoms with Gasteiger partial charge in [0.25, 0.3) is 5.56 Å². The number of aryl methyl sites for hydroxylation is 2. The van der Waals surface area contributed by atoms with Gasteiger partial charge < -0.3 is 5.21 Å². The predicted molar refractivity (Wildman–Crippen MR) is 139 cm³/mol. The summed E-state index contributed by atoms with van der Waals surface area (Å²) in [6.07, 6.45) is 29.9. The Morgan fingerprint density at radius 2 is 0.938 bits per heavy atom. The Morgan fingerprint density at radius 3 is 1.31 bits per heavy atom. The van der Waals surface area contributed by atoms with Crippen LogP contribution in [0.2, 0.25) is 0 Å². The second kappa shape index (κ2) is 20.4. The summed E-state index contributed by atoms with van der Waals surface area (Å²) >= 11 is 0. The highest BCUT2D eigenvalue weighted by molar-refractivity contribution is 5.15. The average Bonchev–Trinajstić information content (AvgIpc) is 2.78. The van der Waals surface area contributed by atoms with Gasteiger partial charge in [-0.1, -0.05) is 135 Å². The first-order chi connectivity index (χ1) is 15.6. The summed E-state index contributed by atoms with van der Waals surface area (Å²) in [5.41, 5.74) is 1.36. The molecule has 0 saturated heterocycles. The summed E-state index contributed by atoms with van der Waals surface area (Å²) in [5, 5.41) is 9.79. The molecule has 0 bridgehead atoms. The maximum Gasteiger partial charge on any atom is 0.283 e. The Hall–Kier alpha value is -1.25. The number of pyridine rings is 1. The third kappa shape index (κ3) is 15.5. The van der Waals surface area contributed by atoms with E-state index in [1.165, 1.54) is 134 Å². The molecule has 1 aromatic rings. The van der Waals surface area contributed by atoms with Gasteiger partial charge in [0.2, 0.25) is 0 Å². The van der Waals surface area contributed by atoms with Crippen LogP contribution >= 0.6 is 0 Å². The van der Waals surface area contributed by atoms with Crippen molar-refractivity contribution in [2.75, 3.05) is 0 Å². The van der Waals surface area contributed by atoms with Crippen LogP contribution in [0.5, 0.6) is 0 Å². The van der Waals surface area contributed by atoms with E-state index in [1.807, 2.05) is 13.0 Å². The first-order valence-electron chi connectivity index (χ1n) is 14.1. The second-order valence-electron chi connectivity index (χ2n) is 10.00. The molecule has 0 radical (unpaired) electrons. The number of aromatic nitrogens is 1. The zero-order valence-corrected chi connectivity index (χ0v) is 21.5. The third-order valence-electron chi connectivity index (χ3n) is 6.76. The fraction of sp³-hybridized carbons (Fsp3) is 0.828. The molecule has 0 aliphatic rings. The standard InChI is InChI=1S/C29H53NO2/c1-3-4-5-6-7-8-9-10-11-12-13-14-15-16-17-18-19-20-21-22-23-24-28-25-27(2)26-29(31)30(28)32/h25-26,32H,3-24H2,1-2H3. The van der Waals surface area contributed by atoms with Crippen LogP contribution in [0.1, 0.15) is 153 Å². The fourth-order valence-corrected chi connectivity index (χ4v) is 4.68. The van der Waals surface area contributed by atoms with E-state index in [0.29, 0.717) is 0 Å². The summed E-state index contributed by atoms with van der Waals surface area (Å²) in [4.78, 5) is 11.6. The minimum Gasteiger partial charge on any atom is -0.425 e. The van der Waals surface area contributed by atoms with Crippen molar-refractivity contribution in [2.24, 2.45) is 0 Å². The second-order valence-corrected chi connectivity index (χ2v) is 10.00. The van der Waals surface area contributed by atoms with Gasteiger partial charge in [-0.3, -0.25) is 4.79 Å². The van der Waals surface area contributed by atoms with Crippen molar-refractivity contribution in [2.45, 2.75) is 155 Å². The molecule has 1 aromatic heterocycles. The van der Waals surface area contributed by atoms with E-state index in [2.05, 4.69) is 6.92 Å². The molecule has 0 amide bonds. The third-order valence-corrected chi connectivity index (χ3v) is 6.76. The lowest BCUT2D eigenvalue weighted by Gasteiger charge is -2.07. The molecule has 0 aliphatic heterocycles. The molecule has 0 aromatic carbocycles. The lowest BCUT2D eigenvalue weighted by atomic mass is 10.0. The molecule has 3 nitrogen and oxygen atoms in total. The van der Waals surface area contributed by atoms with Gasteiger partial charge in [-0.05, 0) is 31.4 Å². The highest BCUT2D eigenvalue weighted by Gasteiger charge is 2.03. The monoisotopic (exact) mass is 447 g/mol. The summed E-state index contributed by atoms with van der Waals surface area (Å²) < 4.78 is 0.809. The smallest absolute Gasteiger partial charge is 0.283 e. The molecule has 0 aliphatic carbocycles. The lowest BCUT2D eigenvalue weighted by Crippen LogP contribution is -2.20. The van der Waals surface area contributed by atoms with Gasteiger partial charge in [-0.15, -0.1) is 0 Å². The molecular weight excluding hydrogens is 394 g/mol. The van der Waals surface area contributed by atoms with Gasteiger partial charge in [0.1, 0.15) is 0 Å².